The fourth-order valence-corrected chi connectivity index (χ4v) is 3.10. The molecule has 0 radical (unpaired) electrons. The predicted molar refractivity (Wildman–Crippen MR) is 88.1 cm³/mol. The number of nitrogens with zero attached hydrogens (tertiary/aromatic N) is 1. The van der Waals surface area contributed by atoms with E-state index in [4.69, 9.17) is 10.8 Å². The van der Waals surface area contributed by atoms with Gasteiger partial charge in [-0.25, -0.2) is 4.79 Å². The van der Waals surface area contributed by atoms with E-state index in [0.29, 0.717) is 19.6 Å². The normalized spacial score (nSPS) is 16.8. The second-order valence-corrected chi connectivity index (χ2v) is 6.23. The summed E-state index contributed by atoms with van der Waals surface area (Å²) < 4.78 is 0. The zero-order valence-corrected chi connectivity index (χ0v) is 13.3. The molecule has 1 fully saturated rings. The van der Waals surface area contributed by atoms with E-state index in [1.165, 1.54) is 5.56 Å². The summed E-state index contributed by atoms with van der Waals surface area (Å²) in [6, 6.07) is 10.3. The number of nitrogens with two attached hydrogens (primary N) is 1. The van der Waals surface area contributed by atoms with Gasteiger partial charge in [0.1, 0.15) is 6.54 Å². The Morgan fingerprint density at radius 3 is 2.43 bits per heavy atom. The molecule has 126 valence electrons. The number of hydrogen-bond acceptors (Lipinski definition) is 3. The van der Waals surface area contributed by atoms with Crippen molar-refractivity contribution in [3.05, 3.63) is 35.9 Å². The Morgan fingerprint density at radius 2 is 1.87 bits per heavy atom. The van der Waals surface area contributed by atoms with E-state index in [9.17, 15) is 9.59 Å². The molecule has 1 aliphatic rings. The first-order valence-corrected chi connectivity index (χ1v) is 8.03. The van der Waals surface area contributed by atoms with Crippen LogP contribution in [0.15, 0.2) is 30.3 Å². The molecule has 23 heavy (non-hydrogen) atoms. The van der Waals surface area contributed by atoms with E-state index in [-0.39, 0.29) is 17.9 Å². The maximum Gasteiger partial charge on any atom is 0.405 e. The highest BCUT2D eigenvalue weighted by Crippen LogP contribution is 2.35. The molecule has 1 aromatic carbocycles. The molecule has 0 aromatic heterocycles. The number of likely N-dealkylation sites (tertiary alicyclic amines) is 1. The van der Waals surface area contributed by atoms with Crippen LogP contribution < -0.4 is 11.1 Å². The van der Waals surface area contributed by atoms with Crippen molar-refractivity contribution in [2.24, 2.45) is 11.1 Å². The van der Waals surface area contributed by atoms with Crippen molar-refractivity contribution in [2.45, 2.75) is 25.7 Å². The second-order valence-electron chi connectivity index (χ2n) is 6.23. The molecular formula is C17H25N3O3. The van der Waals surface area contributed by atoms with E-state index in [1.54, 1.807) is 4.90 Å². The first-order valence-electron chi connectivity index (χ1n) is 8.03. The number of aryl methyl sites for hydroxylation is 1. The molecule has 0 saturated carbocycles. The number of rotatable bonds is 6. The van der Waals surface area contributed by atoms with Gasteiger partial charge in [0.2, 0.25) is 5.91 Å². The van der Waals surface area contributed by atoms with Crippen molar-refractivity contribution >= 4 is 12.0 Å². The number of hydrogen-bond donors (Lipinski definition) is 3. The molecule has 6 heteroatoms. The van der Waals surface area contributed by atoms with E-state index in [1.807, 2.05) is 18.2 Å². The standard InChI is InChI=1S/C17H25N3O3/c18-13-17(7-6-14-4-2-1-3-5-14)8-10-20(11-9-17)15(21)12-19-16(22)23/h1-5,19H,6-13,18H2,(H,22,23). The largest absolute Gasteiger partial charge is 0.465 e. The van der Waals surface area contributed by atoms with Gasteiger partial charge in [0.05, 0.1) is 0 Å². The maximum absolute atomic E-state index is 12.0. The van der Waals surface area contributed by atoms with E-state index < -0.39 is 6.09 Å². The topological polar surface area (TPSA) is 95.7 Å². The lowest BCUT2D eigenvalue weighted by molar-refractivity contribution is -0.132. The molecule has 1 heterocycles. The predicted octanol–water partition coefficient (Wildman–Crippen LogP) is 1.45. The molecule has 4 N–H and O–H groups in total. The van der Waals surface area contributed by atoms with Gasteiger partial charge in [-0.3, -0.25) is 4.79 Å². The zero-order valence-electron chi connectivity index (χ0n) is 13.3. The summed E-state index contributed by atoms with van der Waals surface area (Å²) >= 11 is 0. The average molecular weight is 319 g/mol. The summed E-state index contributed by atoms with van der Waals surface area (Å²) in [5, 5.41) is 10.7. The van der Waals surface area contributed by atoms with Gasteiger partial charge in [-0.2, -0.15) is 0 Å². The minimum Gasteiger partial charge on any atom is -0.465 e. The van der Waals surface area contributed by atoms with Crippen LogP contribution in [-0.2, 0) is 11.2 Å². The van der Waals surface area contributed by atoms with Gasteiger partial charge >= 0.3 is 6.09 Å². The van der Waals surface area contributed by atoms with E-state index in [2.05, 4.69) is 17.4 Å². The van der Waals surface area contributed by atoms with Gasteiger partial charge in [0.25, 0.3) is 0 Å². The summed E-state index contributed by atoms with van der Waals surface area (Å²) in [7, 11) is 0. The highest BCUT2D eigenvalue weighted by atomic mass is 16.4. The number of benzene rings is 1. The van der Waals surface area contributed by atoms with Crippen LogP contribution in [0.4, 0.5) is 4.79 Å². The molecule has 0 unspecified atom stereocenters. The highest BCUT2D eigenvalue weighted by molar-refractivity contribution is 5.81. The van der Waals surface area contributed by atoms with Crippen LogP contribution >= 0.6 is 0 Å². The lowest BCUT2D eigenvalue weighted by atomic mass is 9.74. The summed E-state index contributed by atoms with van der Waals surface area (Å²) in [5.41, 5.74) is 7.41. The third-order valence-corrected chi connectivity index (χ3v) is 4.79. The van der Waals surface area contributed by atoms with Gasteiger partial charge in [-0.1, -0.05) is 30.3 Å². The Hall–Kier alpha value is -2.08. The number of carbonyl (C=O) groups excluding carboxylic acids is 1. The van der Waals surface area contributed by atoms with Crippen LogP contribution in [0.1, 0.15) is 24.8 Å². The highest BCUT2D eigenvalue weighted by Gasteiger charge is 2.34. The minimum absolute atomic E-state index is 0.0762. The van der Waals surface area contributed by atoms with Crippen molar-refractivity contribution in [3.63, 3.8) is 0 Å². The van der Waals surface area contributed by atoms with Crippen molar-refractivity contribution in [1.82, 2.24) is 10.2 Å². The SMILES string of the molecule is NCC1(CCc2ccccc2)CCN(C(=O)CNC(=O)O)CC1. The van der Waals surface area contributed by atoms with Crippen LogP contribution in [0.5, 0.6) is 0 Å². The Kier molecular flexibility index (Phi) is 5.98. The molecular weight excluding hydrogens is 294 g/mol. The summed E-state index contributed by atoms with van der Waals surface area (Å²) in [5.74, 6) is -0.166. The fourth-order valence-electron chi connectivity index (χ4n) is 3.10. The third kappa shape index (κ3) is 4.96. The quantitative estimate of drug-likeness (QED) is 0.739. The lowest BCUT2D eigenvalue weighted by Crippen LogP contribution is -2.48. The Balaban J connectivity index is 1.84. The monoisotopic (exact) mass is 319 g/mol. The molecule has 1 saturated heterocycles. The van der Waals surface area contributed by atoms with E-state index in [0.717, 1.165) is 25.7 Å². The minimum atomic E-state index is -1.17. The van der Waals surface area contributed by atoms with Crippen LogP contribution in [-0.4, -0.2) is 48.2 Å². The first-order chi connectivity index (χ1) is 11.0. The van der Waals surface area contributed by atoms with Crippen LogP contribution in [0.25, 0.3) is 0 Å². The van der Waals surface area contributed by atoms with Crippen molar-refractivity contribution in [3.8, 4) is 0 Å². The number of nitrogens with one attached hydrogen (secondary N) is 1. The van der Waals surface area contributed by atoms with Gasteiger partial charge < -0.3 is 21.1 Å². The molecule has 0 spiro atoms. The molecule has 1 aliphatic heterocycles. The maximum atomic E-state index is 12.0. The number of amides is 2. The lowest BCUT2D eigenvalue weighted by Gasteiger charge is -2.41. The zero-order chi connectivity index (χ0) is 16.7. The summed E-state index contributed by atoms with van der Waals surface area (Å²) in [4.78, 5) is 24.1. The van der Waals surface area contributed by atoms with Crippen LogP contribution in [0, 0.1) is 5.41 Å². The molecule has 1 aromatic rings. The molecule has 0 aliphatic carbocycles. The molecule has 2 rings (SSSR count). The first kappa shape index (κ1) is 17.3. The Morgan fingerprint density at radius 1 is 1.22 bits per heavy atom. The van der Waals surface area contributed by atoms with Gasteiger partial charge in [-0.05, 0) is 43.2 Å². The summed E-state index contributed by atoms with van der Waals surface area (Å²) in [6.45, 7) is 1.75. The smallest absolute Gasteiger partial charge is 0.405 e. The Labute approximate surface area is 136 Å². The number of carbonyl (C=O) groups is 2. The van der Waals surface area contributed by atoms with Gasteiger partial charge in [-0.15, -0.1) is 0 Å². The average Bonchev–Trinajstić information content (AvgIpc) is 2.59. The summed E-state index contributed by atoms with van der Waals surface area (Å²) in [6.07, 6.45) is 2.58. The third-order valence-electron chi connectivity index (χ3n) is 4.79. The number of piperidine rings is 1. The van der Waals surface area contributed by atoms with Crippen molar-refractivity contribution < 1.29 is 14.7 Å². The van der Waals surface area contributed by atoms with Gasteiger partial charge in [0.15, 0.2) is 0 Å². The van der Waals surface area contributed by atoms with Gasteiger partial charge in [0, 0.05) is 13.1 Å². The molecule has 0 atom stereocenters. The van der Waals surface area contributed by atoms with E-state index >= 15 is 0 Å². The fraction of sp³-hybridized carbons (Fsp3) is 0.529. The molecule has 2 amide bonds. The molecule has 6 nitrogen and oxygen atoms in total. The number of carboxylic acid groups (broad SMARTS) is 1. The molecule has 0 bridgehead atoms. The van der Waals surface area contributed by atoms with Crippen molar-refractivity contribution in [2.75, 3.05) is 26.2 Å². The Bertz CT molecular complexity index is 525. The second kappa shape index (κ2) is 7.97. The van der Waals surface area contributed by atoms with Crippen LogP contribution in [0.2, 0.25) is 0 Å². The van der Waals surface area contributed by atoms with Crippen LogP contribution in [0.3, 0.4) is 0 Å². The van der Waals surface area contributed by atoms with Crippen molar-refractivity contribution in [1.29, 1.82) is 0 Å².